The van der Waals surface area contributed by atoms with Crippen molar-refractivity contribution in [1.29, 1.82) is 0 Å². The maximum Gasteiger partial charge on any atom is 0.416 e. The van der Waals surface area contributed by atoms with Crippen LogP contribution in [0.4, 0.5) is 17.6 Å². The summed E-state index contributed by atoms with van der Waals surface area (Å²) < 4.78 is 75.1. The lowest BCUT2D eigenvalue weighted by molar-refractivity contribution is -0.137. The summed E-state index contributed by atoms with van der Waals surface area (Å²) in [5.74, 6) is -1.28. The fourth-order valence-corrected chi connectivity index (χ4v) is 2.55. The van der Waals surface area contributed by atoms with Crippen LogP contribution in [-0.2, 0) is 16.2 Å². The van der Waals surface area contributed by atoms with Crippen molar-refractivity contribution in [3.8, 4) is 0 Å². The number of rotatable bonds is 4. The zero-order valence-electron chi connectivity index (χ0n) is 9.78. The molecule has 0 bridgehead atoms. The number of aliphatic hydroxyl groups excluding tert-OH is 1. The normalized spacial score (nSPS) is 13.0. The second-order valence-corrected chi connectivity index (χ2v) is 5.71. The Balaban J connectivity index is 3.34. The Hall–Kier alpha value is -1.19. The van der Waals surface area contributed by atoms with E-state index >= 15 is 0 Å². The van der Waals surface area contributed by atoms with E-state index in [0.717, 1.165) is 7.05 Å². The summed E-state index contributed by atoms with van der Waals surface area (Å²) in [6.07, 6.45) is -4.77. The molecular weight excluding hydrogens is 290 g/mol. The van der Waals surface area contributed by atoms with Crippen molar-refractivity contribution in [3.05, 3.63) is 29.6 Å². The van der Waals surface area contributed by atoms with Gasteiger partial charge in [-0.2, -0.15) is 17.5 Å². The quantitative estimate of drug-likeness (QED) is 0.857. The molecule has 4 nitrogen and oxygen atoms in total. The van der Waals surface area contributed by atoms with E-state index in [0.29, 0.717) is 16.4 Å². The van der Waals surface area contributed by atoms with Crippen LogP contribution in [0.25, 0.3) is 0 Å². The molecule has 0 saturated heterocycles. The third kappa shape index (κ3) is 3.43. The standard InChI is InChI=1S/C10H11F4NO3S/c1-15(4-5-16)19(17,18)9-6-7(10(12,13)14)2-3-8(9)11/h2-3,6,16H,4-5H2,1H3. The van der Waals surface area contributed by atoms with Gasteiger partial charge in [-0.25, -0.2) is 12.8 Å². The van der Waals surface area contributed by atoms with Crippen molar-refractivity contribution in [3.63, 3.8) is 0 Å². The Morgan fingerprint density at radius 3 is 2.37 bits per heavy atom. The number of hydrogen-bond acceptors (Lipinski definition) is 3. The molecule has 0 unspecified atom stereocenters. The summed E-state index contributed by atoms with van der Waals surface area (Å²) in [6, 6.07) is 1.14. The van der Waals surface area contributed by atoms with Crippen LogP contribution in [0.15, 0.2) is 23.1 Å². The van der Waals surface area contributed by atoms with Gasteiger partial charge >= 0.3 is 6.18 Å². The number of nitrogens with zero attached hydrogens (tertiary/aromatic N) is 1. The van der Waals surface area contributed by atoms with Crippen molar-refractivity contribution >= 4 is 10.0 Å². The molecule has 0 amide bonds. The molecule has 0 fully saturated rings. The van der Waals surface area contributed by atoms with Gasteiger partial charge in [0.1, 0.15) is 10.7 Å². The van der Waals surface area contributed by atoms with Gasteiger partial charge in [-0.15, -0.1) is 0 Å². The Kier molecular flexibility index (Phi) is 4.54. The first-order chi connectivity index (χ1) is 8.60. The molecule has 1 rings (SSSR count). The van der Waals surface area contributed by atoms with E-state index in [2.05, 4.69) is 0 Å². The minimum absolute atomic E-state index is 0.235. The minimum atomic E-state index is -4.77. The minimum Gasteiger partial charge on any atom is -0.395 e. The highest BCUT2D eigenvalue weighted by Crippen LogP contribution is 2.32. The largest absolute Gasteiger partial charge is 0.416 e. The van der Waals surface area contributed by atoms with Crippen LogP contribution in [0, 0.1) is 5.82 Å². The Morgan fingerprint density at radius 1 is 1.32 bits per heavy atom. The predicted octanol–water partition coefficient (Wildman–Crippen LogP) is 1.46. The van der Waals surface area contributed by atoms with Gasteiger partial charge in [0, 0.05) is 13.6 Å². The zero-order valence-corrected chi connectivity index (χ0v) is 10.6. The van der Waals surface area contributed by atoms with Gasteiger partial charge in [0.15, 0.2) is 0 Å². The number of hydrogen-bond donors (Lipinski definition) is 1. The summed E-state index contributed by atoms with van der Waals surface area (Å²) in [7, 11) is -3.38. The fraction of sp³-hybridized carbons (Fsp3) is 0.400. The third-order valence-corrected chi connectivity index (χ3v) is 4.23. The first-order valence-electron chi connectivity index (χ1n) is 5.04. The number of likely N-dealkylation sites (N-methyl/N-ethyl adjacent to an activating group) is 1. The molecule has 0 atom stereocenters. The van der Waals surface area contributed by atoms with E-state index in [1.165, 1.54) is 0 Å². The van der Waals surface area contributed by atoms with E-state index in [-0.39, 0.29) is 12.6 Å². The molecule has 1 N–H and O–H groups in total. The van der Waals surface area contributed by atoms with Crippen molar-refractivity contribution in [2.24, 2.45) is 0 Å². The highest BCUT2D eigenvalue weighted by molar-refractivity contribution is 7.89. The van der Waals surface area contributed by atoms with Gasteiger partial charge in [0.05, 0.1) is 12.2 Å². The monoisotopic (exact) mass is 301 g/mol. The topological polar surface area (TPSA) is 57.6 Å². The Bertz CT molecular complexity index is 556. The van der Waals surface area contributed by atoms with Crippen LogP contribution < -0.4 is 0 Å². The van der Waals surface area contributed by atoms with Gasteiger partial charge in [0.2, 0.25) is 10.0 Å². The maximum absolute atomic E-state index is 13.4. The van der Waals surface area contributed by atoms with E-state index in [9.17, 15) is 26.0 Å². The molecule has 0 heterocycles. The van der Waals surface area contributed by atoms with Gasteiger partial charge < -0.3 is 5.11 Å². The van der Waals surface area contributed by atoms with Crippen LogP contribution in [-0.4, -0.2) is 38.0 Å². The van der Waals surface area contributed by atoms with Crippen LogP contribution >= 0.6 is 0 Å². The van der Waals surface area contributed by atoms with E-state index in [1.54, 1.807) is 0 Å². The fourth-order valence-electron chi connectivity index (χ4n) is 1.31. The number of aliphatic hydroxyl groups is 1. The molecule has 1 aromatic rings. The summed E-state index contributed by atoms with van der Waals surface area (Å²) in [5, 5.41) is 8.62. The van der Waals surface area contributed by atoms with Crippen molar-refractivity contribution in [2.75, 3.05) is 20.2 Å². The first kappa shape index (κ1) is 15.9. The molecule has 0 aliphatic heterocycles. The van der Waals surface area contributed by atoms with E-state index in [4.69, 9.17) is 5.11 Å². The molecule has 0 saturated carbocycles. The number of benzene rings is 1. The van der Waals surface area contributed by atoms with Crippen molar-refractivity contribution < 1.29 is 31.1 Å². The Labute approximate surface area is 107 Å². The highest BCUT2D eigenvalue weighted by Gasteiger charge is 2.34. The van der Waals surface area contributed by atoms with Crippen LogP contribution in [0.5, 0.6) is 0 Å². The molecule has 19 heavy (non-hydrogen) atoms. The Morgan fingerprint density at radius 2 is 1.89 bits per heavy atom. The summed E-state index contributed by atoms with van der Waals surface area (Å²) >= 11 is 0. The number of sulfonamides is 1. The highest BCUT2D eigenvalue weighted by atomic mass is 32.2. The second kappa shape index (κ2) is 5.43. The van der Waals surface area contributed by atoms with Gasteiger partial charge in [-0.1, -0.05) is 0 Å². The molecule has 1 aromatic carbocycles. The van der Waals surface area contributed by atoms with Crippen LogP contribution in [0.3, 0.4) is 0 Å². The molecular formula is C10H11F4NO3S. The molecule has 0 aromatic heterocycles. The van der Waals surface area contributed by atoms with Gasteiger partial charge in [0.25, 0.3) is 0 Å². The van der Waals surface area contributed by atoms with E-state index in [1.807, 2.05) is 0 Å². The lowest BCUT2D eigenvalue weighted by Gasteiger charge is -2.17. The molecule has 0 spiro atoms. The number of alkyl halides is 3. The summed E-state index contributed by atoms with van der Waals surface area (Å²) in [6.45, 7) is -0.881. The average Bonchev–Trinajstić information content (AvgIpc) is 2.28. The molecule has 9 heteroatoms. The summed E-state index contributed by atoms with van der Waals surface area (Å²) in [4.78, 5) is -1.07. The molecule has 0 aliphatic carbocycles. The lowest BCUT2D eigenvalue weighted by atomic mass is 10.2. The average molecular weight is 301 g/mol. The lowest BCUT2D eigenvalue weighted by Crippen LogP contribution is -2.30. The smallest absolute Gasteiger partial charge is 0.395 e. The van der Waals surface area contributed by atoms with Crippen LogP contribution in [0.1, 0.15) is 5.56 Å². The predicted molar refractivity (Wildman–Crippen MR) is 58.3 cm³/mol. The van der Waals surface area contributed by atoms with Crippen molar-refractivity contribution in [1.82, 2.24) is 4.31 Å². The third-order valence-electron chi connectivity index (χ3n) is 2.36. The van der Waals surface area contributed by atoms with Crippen molar-refractivity contribution in [2.45, 2.75) is 11.1 Å². The van der Waals surface area contributed by atoms with Gasteiger partial charge in [-0.3, -0.25) is 0 Å². The second-order valence-electron chi connectivity index (χ2n) is 3.69. The maximum atomic E-state index is 13.4. The van der Waals surface area contributed by atoms with Gasteiger partial charge in [-0.05, 0) is 18.2 Å². The van der Waals surface area contributed by atoms with E-state index < -0.39 is 39.1 Å². The number of halogens is 4. The summed E-state index contributed by atoms with van der Waals surface area (Å²) in [5.41, 5.74) is -1.26. The zero-order chi connectivity index (χ0) is 14.8. The van der Waals surface area contributed by atoms with Crippen LogP contribution in [0.2, 0.25) is 0 Å². The SMILES string of the molecule is CN(CCO)S(=O)(=O)c1cc(C(F)(F)F)ccc1F. The molecule has 0 radical (unpaired) electrons. The first-order valence-corrected chi connectivity index (χ1v) is 6.48. The molecule has 108 valence electrons. The molecule has 0 aliphatic rings.